The quantitative estimate of drug-likeness (QED) is 0.176. The van der Waals surface area contributed by atoms with E-state index in [2.05, 4.69) is 173 Å². The number of rotatable bonds is 7. The van der Waals surface area contributed by atoms with Crippen molar-refractivity contribution in [1.82, 2.24) is 0 Å². The molecule has 0 amide bonds. The molecule has 1 unspecified atom stereocenters. The first-order valence-electron chi connectivity index (χ1n) is 16.1. The summed E-state index contributed by atoms with van der Waals surface area (Å²) in [5.41, 5.74) is 15.6. The molecule has 1 atom stereocenters. The molecule has 1 aliphatic carbocycles. The maximum Gasteiger partial charge on any atom is 0.0503 e. The number of hydrogen-bond donors (Lipinski definition) is 0. The average Bonchev–Trinajstić information content (AvgIpc) is 3.35. The smallest absolute Gasteiger partial charge is 0.0503 e. The molecular weight excluding hydrogens is 540 g/mol. The molecular formula is C45H40. The number of fused-ring (bicyclic) bond motifs is 3. The molecule has 0 N–H and O–H groups in total. The van der Waals surface area contributed by atoms with Gasteiger partial charge in [0.1, 0.15) is 0 Å². The van der Waals surface area contributed by atoms with E-state index in [1.54, 1.807) is 0 Å². The highest BCUT2D eigenvalue weighted by molar-refractivity contribution is 5.84. The van der Waals surface area contributed by atoms with Crippen LogP contribution in [-0.4, -0.2) is 0 Å². The minimum absolute atomic E-state index is 0.0981. The molecule has 1 aliphatic rings. The van der Waals surface area contributed by atoms with Crippen LogP contribution in [0.15, 0.2) is 152 Å². The SMILES string of the molecule is C=Cc1ccc(CC2(c3ccc(C(C)(C)C)cc3)c3ccccc3-c3ccc(Cc4ccc(-c5ccccc5)cc4)cc32)cc1. The second-order valence-electron chi connectivity index (χ2n) is 13.5. The summed E-state index contributed by atoms with van der Waals surface area (Å²) < 4.78 is 0. The maximum absolute atomic E-state index is 3.98. The van der Waals surface area contributed by atoms with E-state index in [0.717, 1.165) is 18.4 Å². The number of benzene rings is 6. The van der Waals surface area contributed by atoms with E-state index in [4.69, 9.17) is 0 Å². The molecule has 6 aromatic rings. The van der Waals surface area contributed by atoms with Gasteiger partial charge < -0.3 is 0 Å². The Morgan fingerprint density at radius 3 is 1.84 bits per heavy atom. The molecule has 6 aromatic carbocycles. The first-order chi connectivity index (χ1) is 21.8. The largest absolute Gasteiger partial charge is 0.0985 e. The molecule has 7 rings (SSSR count). The maximum atomic E-state index is 3.98. The Kier molecular flexibility index (Phi) is 7.38. The van der Waals surface area contributed by atoms with Crippen LogP contribution in [0.25, 0.3) is 28.3 Å². The normalized spacial score (nSPS) is 15.4. The zero-order valence-corrected chi connectivity index (χ0v) is 26.6. The van der Waals surface area contributed by atoms with Gasteiger partial charge in [-0.1, -0.05) is 179 Å². The summed E-state index contributed by atoms with van der Waals surface area (Å²) in [6, 6.07) is 54.3. The van der Waals surface area contributed by atoms with Crippen molar-refractivity contribution in [2.45, 2.75) is 44.4 Å². The van der Waals surface area contributed by atoms with Crippen LogP contribution >= 0.6 is 0 Å². The molecule has 0 radical (unpaired) electrons. The van der Waals surface area contributed by atoms with Crippen LogP contribution in [0.2, 0.25) is 0 Å². The second-order valence-corrected chi connectivity index (χ2v) is 13.5. The van der Waals surface area contributed by atoms with Crippen LogP contribution in [0.4, 0.5) is 0 Å². The molecule has 0 fully saturated rings. The van der Waals surface area contributed by atoms with Gasteiger partial charge in [0.15, 0.2) is 0 Å². The fraction of sp³-hybridized carbons (Fsp3) is 0.156. The van der Waals surface area contributed by atoms with Gasteiger partial charge in [0.25, 0.3) is 0 Å². The summed E-state index contributed by atoms with van der Waals surface area (Å²) in [7, 11) is 0. The summed E-state index contributed by atoms with van der Waals surface area (Å²) in [5, 5.41) is 0. The minimum atomic E-state index is -0.300. The highest BCUT2D eigenvalue weighted by Crippen LogP contribution is 2.54. The van der Waals surface area contributed by atoms with Crippen molar-refractivity contribution in [1.29, 1.82) is 0 Å². The third-order valence-corrected chi connectivity index (χ3v) is 9.62. The van der Waals surface area contributed by atoms with Gasteiger partial charge in [-0.2, -0.15) is 0 Å². The van der Waals surface area contributed by atoms with Crippen LogP contribution in [0, 0.1) is 0 Å². The molecule has 220 valence electrons. The van der Waals surface area contributed by atoms with Crippen LogP contribution in [0.5, 0.6) is 0 Å². The van der Waals surface area contributed by atoms with Gasteiger partial charge in [-0.25, -0.2) is 0 Å². The Bertz CT molecular complexity index is 1950. The molecule has 0 saturated heterocycles. The Morgan fingerprint density at radius 2 is 1.16 bits per heavy atom. The van der Waals surface area contributed by atoms with Gasteiger partial charge in [0, 0.05) is 0 Å². The summed E-state index contributed by atoms with van der Waals surface area (Å²) in [5.74, 6) is 0. The summed E-state index contributed by atoms with van der Waals surface area (Å²) >= 11 is 0. The Labute approximate surface area is 268 Å². The third-order valence-electron chi connectivity index (χ3n) is 9.62. The standard InChI is InChI=1S/C45H40/c1-5-32-15-17-34(18-16-32)31-45(39-26-24-38(25-27-39)44(2,3)4)42-14-10-9-13-40(42)41-28-21-35(30-43(41)45)29-33-19-22-37(23-20-33)36-11-7-6-8-12-36/h5-28,30H,1,29,31H2,2-4H3. The fourth-order valence-corrected chi connectivity index (χ4v) is 7.14. The molecule has 0 aromatic heterocycles. The predicted molar refractivity (Wildman–Crippen MR) is 192 cm³/mol. The summed E-state index contributed by atoms with van der Waals surface area (Å²) in [6.45, 7) is 10.8. The first kappa shape index (κ1) is 28.8. The number of hydrogen-bond acceptors (Lipinski definition) is 0. The van der Waals surface area contributed by atoms with Crippen molar-refractivity contribution in [3.63, 3.8) is 0 Å². The third kappa shape index (κ3) is 5.36. The lowest BCUT2D eigenvalue weighted by molar-refractivity contribution is 0.586. The molecule has 0 saturated carbocycles. The molecule has 0 spiro atoms. The van der Waals surface area contributed by atoms with Crippen molar-refractivity contribution in [2.75, 3.05) is 0 Å². The fourth-order valence-electron chi connectivity index (χ4n) is 7.14. The molecule has 0 heterocycles. The Balaban J connectivity index is 1.35. The lowest BCUT2D eigenvalue weighted by Crippen LogP contribution is -2.30. The van der Waals surface area contributed by atoms with Crippen molar-refractivity contribution >= 4 is 6.08 Å². The van der Waals surface area contributed by atoms with Crippen molar-refractivity contribution in [3.05, 3.63) is 197 Å². The van der Waals surface area contributed by atoms with E-state index in [1.165, 1.54) is 61.2 Å². The van der Waals surface area contributed by atoms with Crippen LogP contribution < -0.4 is 0 Å². The average molecular weight is 581 g/mol. The zero-order chi connectivity index (χ0) is 31.0. The highest BCUT2D eigenvalue weighted by atomic mass is 14.5. The van der Waals surface area contributed by atoms with Gasteiger partial charge in [-0.3, -0.25) is 0 Å². The molecule has 45 heavy (non-hydrogen) atoms. The molecule has 0 aliphatic heterocycles. The van der Waals surface area contributed by atoms with Gasteiger partial charge in [0.05, 0.1) is 5.41 Å². The van der Waals surface area contributed by atoms with E-state index in [9.17, 15) is 0 Å². The van der Waals surface area contributed by atoms with E-state index >= 15 is 0 Å². The van der Waals surface area contributed by atoms with Gasteiger partial charge in [-0.15, -0.1) is 0 Å². The Hall–Kier alpha value is -4.94. The summed E-state index contributed by atoms with van der Waals surface area (Å²) in [4.78, 5) is 0. The van der Waals surface area contributed by atoms with Gasteiger partial charge in [0.2, 0.25) is 0 Å². The lowest BCUT2D eigenvalue weighted by Gasteiger charge is -2.34. The van der Waals surface area contributed by atoms with Gasteiger partial charge >= 0.3 is 0 Å². The predicted octanol–water partition coefficient (Wildman–Crippen LogP) is 11.4. The van der Waals surface area contributed by atoms with E-state index < -0.39 is 0 Å². The van der Waals surface area contributed by atoms with Gasteiger partial charge in [-0.05, 0) is 85.0 Å². The minimum Gasteiger partial charge on any atom is -0.0985 e. The van der Waals surface area contributed by atoms with E-state index in [1.807, 2.05) is 6.08 Å². The van der Waals surface area contributed by atoms with Crippen molar-refractivity contribution < 1.29 is 0 Å². The lowest BCUT2D eigenvalue weighted by atomic mass is 9.68. The van der Waals surface area contributed by atoms with Crippen molar-refractivity contribution in [3.8, 4) is 22.3 Å². The van der Waals surface area contributed by atoms with Crippen molar-refractivity contribution in [2.24, 2.45) is 0 Å². The van der Waals surface area contributed by atoms with E-state index in [-0.39, 0.29) is 10.8 Å². The molecule has 0 heteroatoms. The second kappa shape index (κ2) is 11.5. The molecule has 0 bridgehead atoms. The highest BCUT2D eigenvalue weighted by Gasteiger charge is 2.44. The summed E-state index contributed by atoms with van der Waals surface area (Å²) in [6.07, 6.45) is 3.70. The molecule has 0 nitrogen and oxygen atoms in total. The van der Waals surface area contributed by atoms with Crippen LogP contribution in [0.3, 0.4) is 0 Å². The zero-order valence-electron chi connectivity index (χ0n) is 26.6. The monoisotopic (exact) mass is 580 g/mol. The first-order valence-corrected chi connectivity index (χ1v) is 16.1. The van der Waals surface area contributed by atoms with E-state index in [0.29, 0.717) is 0 Å². The van der Waals surface area contributed by atoms with Crippen LogP contribution in [0.1, 0.15) is 65.3 Å². The van der Waals surface area contributed by atoms with Crippen LogP contribution in [-0.2, 0) is 23.7 Å². The topological polar surface area (TPSA) is 0 Å². The Morgan fingerprint density at radius 1 is 0.556 bits per heavy atom.